The van der Waals surface area contributed by atoms with E-state index in [0.717, 1.165) is 32.6 Å². The summed E-state index contributed by atoms with van der Waals surface area (Å²) in [6.45, 7) is 4.01. The third-order valence-electron chi connectivity index (χ3n) is 6.15. The lowest BCUT2D eigenvalue weighted by Crippen LogP contribution is -2.62. The average molecular weight is 409 g/mol. The highest BCUT2D eigenvalue weighted by molar-refractivity contribution is 7.95. The molecule has 1 amide bonds. The molecule has 0 bridgehead atoms. The van der Waals surface area contributed by atoms with Crippen LogP contribution >= 0.6 is 0 Å². The summed E-state index contributed by atoms with van der Waals surface area (Å²) in [5.74, 6) is 0.508. The lowest BCUT2D eigenvalue weighted by atomic mass is 9.88. The average Bonchev–Trinajstić information content (AvgIpc) is 2.73. The van der Waals surface area contributed by atoms with Gasteiger partial charge >= 0.3 is 0 Å². The first kappa shape index (κ1) is 20.0. The normalized spacial score (nSPS) is 26.3. The zero-order valence-electron chi connectivity index (χ0n) is 16.1. The van der Waals surface area contributed by atoms with Crippen LogP contribution in [-0.2, 0) is 28.9 Å². The number of hydrogen-bond donors (Lipinski definition) is 0. The van der Waals surface area contributed by atoms with E-state index in [1.807, 2.05) is 4.90 Å². The number of carbonyl (C=O) groups excluding carboxylic acids is 1. The SMILES string of the molecule is O=C1N(CC2CCOCC2)CCOC12CCN([S+](=O)([O-])c1ccccc1)CC2. The molecule has 0 aliphatic carbocycles. The van der Waals surface area contributed by atoms with Crippen LogP contribution in [0.5, 0.6) is 0 Å². The van der Waals surface area contributed by atoms with Crippen LogP contribution in [-0.4, -0.2) is 71.3 Å². The second kappa shape index (κ2) is 8.20. The van der Waals surface area contributed by atoms with Crippen LogP contribution in [0.3, 0.4) is 0 Å². The molecule has 28 heavy (non-hydrogen) atoms. The number of carbonyl (C=O) groups is 1. The number of piperidine rings is 1. The van der Waals surface area contributed by atoms with E-state index in [-0.39, 0.29) is 5.91 Å². The van der Waals surface area contributed by atoms with E-state index in [1.54, 1.807) is 30.3 Å². The maximum Gasteiger partial charge on any atom is 0.255 e. The summed E-state index contributed by atoms with van der Waals surface area (Å²) in [7, 11) is -3.53. The molecule has 3 fully saturated rings. The Labute approximate surface area is 167 Å². The minimum Gasteiger partial charge on any atom is -0.593 e. The molecule has 1 atom stereocenters. The highest BCUT2D eigenvalue weighted by Gasteiger charge is 2.50. The van der Waals surface area contributed by atoms with Gasteiger partial charge in [-0.2, -0.15) is 0 Å². The third kappa shape index (κ3) is 3.89. The van der Waals surface area contributed by atoms with E-state index >= 15 is 0 Å². The van der Waals surface area contributed by atoms with Crippen molar-refractivity contribution in [3.63, 3.8) is 0 Å². The van der Waals surface area contributed by atoms with E-state index in [2.05, 4.69) is 0 Å². The van der Waals surface area contributed by atoms with Gasteiger partial charge in [0, 0.05) is 52.2 Å². The van der Waals surface area contributed by atoms with Crippen molar-refractivity contribution in [2.45, 2.75) is 36.2 Å². The van der Waals surface area contributed by atoms with Gasteiger partial charge in [-0.25, -0.2) is 0 Å². The van der Waals surface area contributed by atoms with Crippen LogP contribution in [0.4, 0.5) is 0 Å². The lowest BCUT2D eigenvalue weighted by Gasteiger charge is -2.46. The summed E-state index contributed by atoms with van der Waals surface area (Å²) in [4.78, 5) is 15.4. The zero-order chi connectivity index (χ0) is 19.6. The van der Waals surface area contributed by atoms with E-state index in [9.17, 15) is 13.6 Å². The monoisotopic (exact) mass is 408 g/mol. The first-order valence-corrected chi connectivity index (χ1v) is 11.5. The molecule has 1 unspecified atom stereocenters. The molecule has 3 aliphatic rings. The van der Waals surface area contributed by atoms with Gasteiger partial charge in [0.15, 0.2) is 15.3 Å². The molecule has 8 heteroatoms. The van der Waals surface area contributed by atoms with Crippen molar-refractivity contribution in [2.75, 3.05) is 46.0 Å². The van der Waals surface area contributed by atoms with Crippen LogP contribution in [0.15, 0.2) is 35.2 Å². The molecular weight excluding hydrogens is 380 g/mol. The van der Waals surface area contributed by atoms with Gasteiger partial charge in [-0.1, -0.05) is 22.4 Å². The van der Waals surface area contributed by atoms with Gasteiger partial charge in [0.2, 0.25) is 0 Å². The van der Waals surface area contributed by atoms with E-state index in [1.165, 1.54) is 4.31 Å². The van der Waals surface area contributed by atoms with Crippen LogP contribution in [0, 0.1) is 5.92 Å². The highest BCUT2D eigenvalue weighted by Crippen LogP contribution is 2.35. The minimum absolute atomic E-state index is 0.0296. The number of ether oxygens (including phenoxy) is 2. The maximum atomic E-state index is 13.2. The highest BCUT2D eigenvalue weighted by atomic mass is 32.3. The summed E-state index contributed by atoms with van der Waals surface area (Å²) in [5, 5.41) is 0. The molecule has 1 spiro atoms. The Morgan fingerprint density at radius 1 is 1.07 bits per heavy atom. The van der Waals surface area contributed by atoms with E-state index in [0.29, 0.717) is 49.9 Å². The van der Waals surface area contributed by atoms with Crippen molar-refractivity contribution >= 4 is 16.3 Å². The second-order valence-electron chi connectivity index (χ2n) is 7.87. The zero-order valence-corrected chi connectivity index (χ0v) is 16.9. The van der Waals surface area contributed by atoms with Gasteiger partial charge < -0.3 is 18.9 Å². The van der Waals surface area contributed by atoms with Crippen molar-refractivity contribution in [3.05, 3.63) is 30.3 Å². The van der Waals surface area contributed by atoms with E-state index in [4.69, 9.17) is 9.47 Å². The molecule has 3 aliphatic heterocycles. The fourth-order valence-corrected chi connectivity index (χ4v) is 5.87. The molecule has 1 aromatic rings. The quantitative estimate of drug-likeness (QED) is 0.709. The second-order valence-corrected chi connectivity index (χ2v) is 9.80. The Hall–Kier alpha value is -1.32. The summed E-state index contributed by atoms with van der Waals surface area (Å²) < 4.78 is 38.5. The van der Waals surface area contributed by atoms with Crippen molar-refractivity contribution in [2.24, 2.45) is 5.92 Å². The maximum absolute atomic E-state index is 13.2. The lowest BCUT2D eigenvalue weighted by molar-refractivity contribution is -0.179. The number of benzene rings is 1. The predicted molar refractivity (Wildman–Crippen MR) is 103 cm³/mol. The smallest absolute Gasteiger partial charge is 0.255 e. The largest absolute Gasteiger partial charge is 0.593 e. The summed E-state index contributed by atoms with van der Waals surface area (Å²) >= 11 is 0. The summed E-state index contributed by atoms with van der Waals surface area (Å²) in [6.07, 6.45) is 2.78. The van der Waals surface area contributed by atoms with Gasteiger partial charge in [-0.05, 0) is 30.9 Å². The van der Waals surface area contributed by atoms with Gasteiger partial charge in [0.25, 0.3) is 5.91 Å². The number of morpholine rings is 1. The van der Waals surface area contributed by atoms with Gasteiger partial charge in [-0.15, -0.1) is 4.31 Å². The third-order valence-corrected chi connectivity index (χ3v) is 8.06. The predicted octanol–water partition coefficient (Wildman–Crippen LogP) is 1.71. The molecule has 3 saturated heterocycles. The Morgan fingerprint density at radius 3 is 2.43 bits per heavy atom. The Bertz CT molecular complexity index is 729. The van der Waals surface area contributed by atoms with Gasteiger partial charge in [0.1, 0.15) is 5.60 Å². The van der Waals surface area contributed by atoms with Crippen molar-refractivity contribution in [3.8, 4) is 0 Å². The first-order valence-electron chi connectivity index (χ1n) is 10.1. The van der Waals surface area contributed by atoms with Crippen LogP contribution in [0.1, 0.15) is 25.7 Å². The van der Waals surface area contributed by atoms with Gasteiger partial charge in [0.05, 0.1) is 6.61 Å². The summed E-state index contributed by atoms with van der Waals surface area (Å²) in [6, 6.07) is 8.46. The number of rotatable bonds is 4. The Balaban J connectivity index is 1.41. The fraction of sp³-hybridized carbons (Fsp3) is 0.650. The van der Waals surface area contributed by atoms with Crippen LogP contribution in [0.2, 0.25) is 0 Å². The molecule has 154 valence electrons. The number of amides is 1. The topological polar surface area (TPSA) is 82.1 Å². The van der Waals surface area contributed by atoms with E-state index < -0.39 is 16.0 Å². The summed E-state index contributed by atoms with van der Waals surface area (Å²) in [5.41, 5.74) is -0.869. The molecule has 7 nitrogen and oxygen atoms in total. The molecule has 0 radical (unpaired) electrons. The number of nitrogens with zero attached hydrogens (tertiary/aromatic N) is 2. The first-order chi connectivity index (χ1) is 13.5. The molecule has 4 rings (SSSR count). The molecule has 3 heterocycles. The molecule has 0 saturated carbocycles. The molecular formula is C20H28N2O5S. The molecule has 0 aromatic heterocycles. The van der Waals surface area contributed by atoms with Crippen molar-refractivity contribution < 1.29 is 23.0 Å². The van der Waals surface area contributed by atoms with Crippen LogP contribution in [0.25, 0.3) is 0 Å². The van der Waals surface area contributed by atoms with Crippen molar-refractivity contribution in [1.82, 2.24) is 9.21 Å². The Morgan fingerprint density at radius 2 is 1.75 bits per heavy atom. The Kier molecular flexibility index (Phi) is 5.85. The molecule has 0 N–H and O–H groups in total. The number of hydrogen-bond acceptors (Lipinski definition) is 5. The standard InChI is InChI=1S/C20H28N2O5S/c23-19-20(27-15-12-21(19)16-17-6-13-26-14-7-17)8-10-22(11-9-20)28(24,25)18-4-2-1-3-5-18/h1-5,17H,6-16H2. The fourth-order valence-electron chi connectivity index (χ4n) is 4.40. The minimum atomic E-state index is -3.53. The van der Waals surface area contributed by atoms with Crippen molar-refractivity contribution in [1.29, 1.82) is 0 Å². The number of sulfonamides is 1. The van der Waals surface area contributed by atoms with Crippen LogP contribution < -0.4 is 0 Å². The van der Waals surface area contributed by atoms with Gasteiger partial charge in [-0.3, -0.25) is 4.79 Å². The molecule has 1 aromatic carbocycles.